The van der Waals surface area contributed by atoms with E-state index in [-0.39, 0.29) is 6.61 Å². The SMILES string of the molecule is C/C=C/CC/C=C/CC/C=C/C(O)C(CO)NC(=O)C(O)CCCCCCCC/C=C\C/C=C\CCCCCCCCCCC. The maximum absolute atomic E-state index is 12.4. The van der Waals surface area contributed by atoms with Gasteiger partial charge in [-0.05, 0) is 71.1 Å². The molecule has 5 nitrogen and oxygen atoms in total. The van der Waals surface area contributed by atoms with Crippen LogP contribution in [0.4, 0.5) is 0 Å². The van der Waals surface area contributed by atoms with Crippen molar-refractivity contribution >= 4 is 5.91 Å². The molecule has 0 heterocycles. The fourth-order valence-electron chi connectivity index (χ4n) is 5.19. The third-order valence-corrected chi connectivity index (χ3v) is 8.15. The number of rotatable bonds is 32. The Labute approximate surface area is 278 Å². The van der Waals surface area contributed by atoms with Gasteiger partial charge in [0, 0.05) is 0 Å². The maximum Gasteiger partial charge on any atom is 0.249 e. The van der Waals surface area contributed by atoms with E-state index in [1.54, 1.807) is 6.08 Å². The van der Waals surface area contributed by atoms with Crippen LogP contribution < -0.4 is 5.32 Å². The normalized spacial score (nSPS) is 14.5. The predicted octanol–water partition coefficient (Wildman–Crippen LogP) is 9.98. The average Bonchev–Trinajstić information content (AvgIpc) is 3.04. The lowest BCUT2D eigenvalue weighted by atomic mass is 10.0. The van der Waals surface area contributed by atoms with Gasteiger partial charge in [0.15, 0.2) is 0 Å². The molecule has 5 heteroatoms. The van der Waals surface area contributed by atoms with Crippen LogP contribution >= 0.6 is 0 Å². The van der Waals surface area contributed by atoms with Crippen LogP contribution in [0.3, 0.4) is 0 Å². The second kappa shape index (κ2) is 34.9. The zero-order valence-electron chi connectivity index (χ0n) is 29.2. The Morgan fingerprint density at radius 3 is 1.60 bits per heavy atom. The second-order valence-electron chi connectivity index (χ2n) is 12.4. The molecule has 3 unspecified atom stereocenters. The largest absolute Gasteiger partial charge is 0.394 e. The Morgan fingerprint density at radius 1 is 0.600 bits per heavy atom. The topological polar surface area (TPSA) is 89.8 Å². The van der Waals surface area contributed by atoms with Crippen molar-refractivity contribution in [2.45, 2.75) is 180 Å². The third-order valence-electron chi connectivity index (χ3n) is 8.15. The standard InChI is InChI=1S/C40H71NO4/c1-3-5-7-9-11-13-14-15-16-17-18-19-20-21-22-23-24-25-27-29-31-33-35-39(44)40(45)41-37(36-42)38(43)34-32-30-28-26-12-10-8-6-4-2/h4,6,12,18-19,21-22,26,32,34,37-39,42-44H,3,5,7-11,13-17,20,23-25,27-31,33,35-36H2,1-2H3,(H,41,45)/b6-4+,19-18-,22-21-,26-12+,34-32+. The third kappa shape index (κ3) is 30.5. The first-order valence-corrected chi connectivity index (χ1v) is 18.6. The van der Waals surface area contributed by atoms with Gasteiger partial charge in [0.25, 0.3) is 0 Å². The van der Waals surface area contributed by atoms with Crippen molar-refractivity contribution in [3.05, 3.63) is 60.8 Å². The van der Waals surface area contributed by atoms with E-state index in [2.05, 4.69) is 54.8 Å². The summed E-state index contributed by atoms with van der Waals surface area (Å²) in [5, 5.41) is 32.8. The molecule has 0 fully saturated rings. The number of aliphatic hydroxyl groups excluding tert-OH is 3. The Bertz CT molecular complexity index is 785. The molecular formula is C40H71NO4. The van der Waals surface area contributed by atoms with E-state index in [9.17, 15) is 20.1 Å². The lowest BCUT2D eigenvalue weighted by Crippen LogP contribution is -2.48. The molecule has 0 saturated carbocycles. The van der Waals surface area contributed by atoms with Gasteiger partial charge in [-0.3, -0.25) is 4.79 Å². The summed E-state index contributed by atoms with van der Waals surface area (Å²) < 4.78 is 0. The molecule has 1 amide bonds. The van der Waals surface area contributed by atoms with E-state index in [1.807, 2.05) is 19.1 Å². The Hall–Kier alpha value is -1.95. The molecule has 260 valence electrons. The minimum atomic E-state index is -1.12. The molecule has 0 aliphatic rings. The van der Waals surface area contributed by atoms with Crippen LogP contribution in [0.5, 0.6) is 0 Å². The molecule has 3 atom stereocenters. The maximum atomic E-state index is 12.4. The van der Waals surface area contributed by atoms with Crippen molar-refractivity contribution in [2.24, 2.45) is 0 Å². The van der Waals surface area contributed by atoms with E-state index >= 15 is 0 Å². The zero-order chi connectivity index (χ0) is 33.1. The van der Waals surface area contributed by atoms with Gasteiger partial charge in [-0.15, -0.1) is 0 Å². The number of carbonyl (C=O) groups excluding carboxylic acids is 1. The minimum absolute atomic E-state index is 0.389. The Balaban J connectivity index is 3.74. The van der Waals surface area contributed by atoms with Crippen LogP contribution in [-0.4, -0.2) is 46.1 Å². The number of hydrogen-bond donors (Lipinski definition) is 4. The quantitative estimate of drug-likeness (QED) is 0.0440. The molecule has 0 rings (SSSR count). The van der Waals surface area contributed by atoms with Crippen molar-refractivity contribution < 1.29 is 20.1 Å². The second-order valence-corrected chi connectivity index (χ2v) is 12.4. The van der Waals surface area contributed by atoms with E-state index < -0.39 is 24.2 Å². The molecule has 0 bridgehead atoms. The van der Waals surface area contributed by atoms with E-state index in [0.29, 0.717) is 6.42 Å². The van der Waals surface area contributed by atoms with Gasteiger partial charge in [-0.25, -0.2) is 0 Å². The molecule has 0 spiro atoms. The zero-order valence-corrected chi connectivity index (χ0v) is 29.2. The molecule has 0 aliphatic heterocycles. The van der Waals surface area contributed by atoms with Crippen LogP contribution in [0.15, 0.2) is 60.8 Å². The summed E-state index contributed by atoms with van der Waals surface area (Å²) in [6.07, 6.45) is 45.5. The smallest absolute Gasteiger partial charge is 0.249 e. The van der Waals surface area contributed by atoms with Gasteiger partial charge in [0.2, 0.25) is 5.91 Å². The molecule has 0 aromatic rings. The lowest BCUT2D eigenvalue weighted by molar-refractivity contribution is -0.131. The number of nitrogens with one attached hydrogen (secondary N) is 1. The van der Waals surface area contributed by atoms with E-state index in [1.165, 1.54) is 83.5 Å². The highest BCUT2D eigenvalue weighted by atomic mass is 16.3. The monoisotopic (exact) mass is 630 g/mol. The molecule has 0 radical (unpaired) electrons. The molecular weight excluding hydrogens is 558 g/mol. The van der Waals surface area contributed by atoms with Crippen LogP contribution in [0, 0.1) is 0 Å². The highest BCUT2D eigenvalue weighted by Gasteiger charge is 2.22. The first-order valence-electron chi connectivity index (χ1n) is 18.6. The number of hydrogen-bond acceptors (Lipinski definition) is 4. The number of amides is 1. The molecule has 4 N–H and O–H groups in total. The number of allylic oxidation sites excluding steroid dienone is 9. The summed E-state index contributed by atoms with van der Waals surface area (Å²) in [4.78, 5) is 12.4. The van der Waals surface area contributed by atoms with Gasteiger partial charge in [-0.2, -0.15) is 0 Å². The summed E-state index contributed by atoms with van der Waals surface area (Å²) in [7, 11) is 0. The van der Waals surface area contributed by atoms with Crippen molar-refractivity contribution in [1.29, 1.82) is 0 Å². The van der Waals surface area contributed by atoms with Crippen LogP contribution in [-0.2, 0) is 4.79 Å². The summed E-state index contributed by atoms with van der Waals surface area (Å²) in [6, 6.07) is -0.825. The predicted molar refractivity (Wildman–Crippen MR) is 194 cm³/mol. The fourth-order valence-corrected chi connectivity index (χ4v) is 5.19. The number of aliphatic hydroxyl groups is 3. The van der Waals surface area contributed by atoms with Gasteiger partial charge in [0.05, 0.1) is 18.8 Å². The fraction of sp³-hybridized carbons (Fsp3) is 0.725. The van der Waals surface area contributed by atoms with Gasteiger partial charge in [-0.1, -0.05) is 151 Å². The lowest BCUT2D eigenvalue weighted by Gasteiger charge is -2.21. The van der Waals surface area contributed by atoms with Crippen molar-refractivity contribution in [2.75, 3.05) is 6.61 Å². The number of unbranched alkanes of at least 4 members (excludes halogenated alkanes) is 17. The molecule has 0 aromatic heterocycles. The van der Waals surface area contributed by atoms with Crippen molar-refractivity contribution in [3.8, 4) is 0 Å². The van der Waals surface area contributed by atoms with Gasteiger partial charge >= 0.3 is 0 Å². The Morgan fingerprint density at radius 2 is 1.07 bits per heavy atom. The first-order chi connectivity index (χ1) is 22.1. The van der Waals surface area contributed by atoms with E-state index in [4.69, 9.17) is 0 Å². The van der Waals surface area contributed by atoms with Gasteiger partial charge in [0.1, 0.15) is 6.10 Å². The molecule has 0 aromatic carbocycles. The van der Waals surface area contributed by atoms with E-state index in [0.717, 1.165) is 57.8 Å². The van der Waals surface area contributed by atoms with Crippen molar-refractivity contribution in [3.63, 3.8) is 0 Å². The number of carbonyl (C=O) groups is 1. The highest BCUT2D eigenvalue weighted by molar-refractivity contribution is 5.80. The summed E-state index contributed by atoms with van der Waals surface area (Å²) >= 11 is 0. The van der Waals surface area contributed by atoms with Crippen LogP contribution in [0.2, 0.25) is 0 Å². The molecule has 0 aliphatic carbocycles. The molecule has 0 saturated heterocycles. The highest BCUT2D eigenvalue weighted by Crippen LogP contribution is 2.12. The molecule has 45 heavy (non-hydrogen) atoms. The summed E-state index contributed by atoms with van der Waals surface area (Å²) in [5.74, 6) is -0.532. The van der Waals surface area contributed by atoms with Crippen molar-refractivity contribution in [1.82, 2.24) is 5.32 Å². The van der Waals surface area contributed by atoms with Crippen LogP contribution in [0.25, 0.3) is 0 Å². The van der Waals surface area contributed by atoms with Gasteiger partial charge < -0.3 is 20.6 Å². The Kier molecular flexibility index (Phi) is 33.4. The minimum Gasteiger partial charge on any atom is -0.394 e. The summed E-state index contributed by atoms with van der Waals surface area (Å²) in [6.45, 7) is 3.90. The van der Waals surface area contributed by atoms with Crippen LogP contribution in [0.1, 0.15) is 162 Å². The summed E-state index contributed by atoms with van der Waals surface area (Å²) in [5.41, 5.74) is 0. The average molecular weight is 630 g/mol. The first kappa shape index (κ1) is 43.0.